The molecule has 0 aliphatic carbocycles. The number of nitrogens with zero attached hydrogens (tertiary/aromatic N) is 5. The lowest BCUT2D eigenvalue weighted by molar-refractivity contribution is -0.141. The molecule has 4 heterocycles. The van der Waals surface area contributed by atoms with Gasteiger partial charge in [-0.15, -0.1) is 0 Å². The van der Waals surface area contributed by atoms with Crippen molar-refractivity contribution >= 4 is 17.5 Å². The Hall–Kier alpha value is -1.89. The molecule has 7 nitrogen and oxygen atoms in total. The van der Waals surface area contributed by atoms with Crippen LogP contribution >= 0.6 is 0 Å². The molecule has 0 saturated carbocycles. The molecular formula is C18H27N5O2. The van der Waals surface area contributed by atoms with Gasteiger partial charge in [0.15, 0.2) is 0 Å². The van der Waals surface area contributed by atoms with Crippen LogP contribution in [-0.4, -0.2) is 72.8 Å². The summed E-state index contributed by atoms with van der Waals surface area (Å²) in [5.74, 6) is 2.16. The second kappa shape index (κ2) is 7.56. The molecule has 1 amide bonds. The highest BCUT2D eigenvalue weighted by atomic mass is 16.5. The lowest BCUT2D eigenvalue weighted by Crippen LogP contribution is -2.51. The van der Waals surface area contributed by atoms with E-state index in [1.165, 1.54) is 19.3 Å². The van der Waals surface area contributed by atoms with Crippen LogP contribution < -0.4 is 9.80 Å². The first-order valence-corrected chi connectivity index (χ1v) is 9.53. The van der Waals surface area contributed by atoms with Crippen molar-refractivity contribution in [1.82, 2.24) is 14.9 Å². The second-order valence-electron chi connectivity index (χ2n) is 7.10. The first kappa shape index (κ1) is 16.6. The number of amides is 1. The highest BCUT2D eigenvalue weighted by Gasteiger charge is 2.30. The number of carbonyl (C=O) groups is 1. The Morgan fingerprint density at radius 3 is 2.24 bits per heavy atom. The van der Waals surface area contributed by atoms with Gasteiger partial charge in [0, 0.05) is 51.9 Å². The maximum atomic E-state index is 12.5. The molecule has 0 radical (unpaired) electrons. The summed E-state index contributed by atoms with van der Waals surface area (Å²) >= 11 is 0. The van der Waals surface area contributed by atoms with Gasteiger partial charge >= 0.3 is 0 Å². The Balaban J connectivity index is 1.36. The minimum atomic E-state index is -0.212. The first-order chi connectivity index (χ1) is 12.3. The zero-order valence-corrected chi connectivity index (χ0v) is 14.8. The third-order valence-corrected chi connectivity index (χ3v) is 5.44. The average molecular weight is 345 g/mol. The number of piperazine rings is 1. The Labute approximate surface area is 149 Å². The molecule has 7 heteroatoms. The third-order valence-electron chi connectivity index (χ3n) is 5.44. The molecular weight excluding hydrogens is 318 g/mol. The molecule has 136 valence electrons. The number of hydrogen-bond donors (Lipinski definition) is 0. The Kier molecular flexibility index (Phi) is 5.01. The van der Waals surface area contributed by atoms with Crippen LogP contribution in [-0.2, 0) is 9.53 Å². The van der Waals surface area contributed by atoms with E-state index in [1.54, 1.807) is 6.33 Å². The SMILES string of the molecule is O=C([C@@H]1CCCO1)N1CCN(c2cc(N3CCCCC3)ncn2)CC1. The van der Waals surface area contributed by atoms with Gasteiger partial charge < -0.3 is 19.4 Å². The van der Waals surface area contributed by atoms with Gasteiger partial charge in [-0.25, -0.2) is 9.97 Å². The van der Waals surface area contributed by atoms with Gasteiger partial charge in [0.1, 0.15) is 24.1 Å². The summed E-state index contributed by atoms with van der Waals surface area (Å²) in [6.07, 6.45) is 7.11. The van der Waals surface area contributed by atoms with Crippen LogP contribution in [0.2, 0.25) is 0 Å². The Bertz CT molecular complexity index is 591. The van der Waals surface area contributed by atoms with Crippen molar-refractivity contribution in [2.45, 2.75) is 38.2 Å². The van der Waals surface area contributed by atoms with Crippen LogP contribution in [0.3, 0.4) is 0 Å². The lowest BCUT2D eigenvalue weighted by atomic mass is 10.1. The van der Waals surface area contributed by atoms with E-state index in [1.807, 2.05) is 4.90 Å². The Morgan fingerprint density at radius 2 is 1.60 bits per heavy atom. The van der Waals surface area contributed by atoms with Crippen LogP contribution in [0.4, 0.5) is 11.6 Å². The van der Waals surface area contributed by atoms with Crippen LogP contribution in [0.1, 0.15) is 32.1 Å². The van der Waals surface area contributed by atoms with Gasteiger partial charge in [-0.05, 0) is 32.1 Å². The molecule has 0 spiro atoms. The number of aromatic nitrogens is 2. The number of ether oxygens (including phenoxy) is 1. The monoisotopic (exact) mass is 345 g/mol. The van der Waals surface area contributed by atoms with E-state index in [0.29, 0.717) is 0 Å². The van der Waals surface area contributed by atoms with Gasteiger partial charge in [-0.3, -0.25) is 4.79 Å². The standard InChI is InChI=1S/C18H27N5O2/c24-18(15-5-4-12-25-15)23-10-8-22(9-11-23)17-13-16(19-14-20-17)21-6-2-1-3-7-21/h13-15H,1-12H2/t15-/m0/s1. The molecule has 3 aliphatic heterocycles. The molecule has 0 N–H and O–H groups in total. The number of hydrogen-bond acceptors (Lipinski definition) is 6. The van der Waals surface area contributed by atoms with Crippen LogP contribution in [0, 0.1) is 0 Å². The molecule has 0 unspecified atom stereocenters. The van der Waals surface area contributed by atoms with E-state index in [-0.39, 0.29) is 12.0 Å². The Morgan fingerprint density at radius 1 is 0.920 bits per heavy atom. The number of rotatable bonds is 3. The predicted molar refractivity (Wildman–Crippen MR) is 95.9 cm³/mol. The zero-order valence-electron chi connectivity index (χ0n) is 14.8. The van der Waals surface area contributed by atoms with Gasteiger partial charge in [0.05, 0.1) is 0 Å². The van der Waals surface area contributed by atoms with E-state index < -0.39 is 0 Å². The fourth-order valence-corrected chi connectivity index (χ4v) is 3.94. The van der Waals surface area contributed by atoms with Crippen molar-refractivity contribution in [2.75, 3.05) is 55.7 Å². The summed E-state index contributed by atoms with van der Waals surface area (Å²) in [7, 11) is 0. The highest BCUT2D eigenvalue weighted by molar-refractivity contribution is 5.81. The summed E-state index contributed by atoms with van der Waals surface area (Å²) in [5, 5.41) is 0. The summed E-state index contributed by atoms with van der Waals surface area (Å²) in [6, 6.07) is 2.10. The number of piperidine rings is 1. The van der Waals surface area contributed by atoms with Crippen molar-refractivity contribution in [3.63, 3.8) is 0 Å². The van der Waals surface area contributed by atoms with E-state index in [0.717, 1.165) is 70.4 Å². The molecule has 3 aliphatic rings. The molecule has 1 aromatic heterocycles. The quantitative estimate of drug-likeness (QED) is 0.823. The van der Waals surface area contributed by atoms with Gasteiger partial charge in [-0.1, -0.05) is 0 Å². The van der Waals surface area contributed by atoms with E-state index >= 15 is 0 Å². The number of carbonyl (C=O) groups excluding carboxylic acids is 1. The van der Waals surface area contributed by atoms with E-state index in [2.05, 4.69) is 25.8 Å². The molecule has 1 aromatic rings. The van der Waals surface area contributed by atoms with Crippen LogP contribution in [0.5, 0.6) is 0 Å². The fraction of sp³-hybridized carbons (Fsp3) is 0.722. The van der Waals surface area contributed by atoms with Crippen molar-refractivity contribution in [2.24, 2.45) is 0 Å². The summed E-state index contributed by atoms with van der Waals surface area (Å²) < 4.78 is 5.53. The van der Waals surface area contributed by atoms with Crippen molar-refractivity contribution in [3.05, 3.63) is 12.4 Å². The predicted octanol–water partition coefficient (Wildman–Crippen LogP) is 1.29. The van der Waals surface area contributed by atoms with Crippen molar-refractivity contribution < 1.29 is 9.53 Å². The normalized spacial score (nSPS) is 24.6. The molecule has 3 saturated heterocycles. The molecule has 3 fully saturated rings. The van der Waals surface area contributed by atoms with Gasteiger partial charge in [-0.2, -0.15) is 0 Å². The molecule has 0 aromatic carbocycles. The maximum Gasteiger partial charge on any atom is 0.251 e. The van der Waals surface area contributed by atoms with Crippen molar-refractivity contribution in [3.8, 4) is 0 Å². The van der Waals surface area contributed by atoms with Gasteiger partial charge in [0.2, 0.25) is 0 Å². The maximum absolute atomic E-state index is 12.5. The summed E-state index contributed by atoms with van der Waals surface area (Å²) in [6.45, 7) is 5.99. The van der Waals surface area contributed by atoms with Crippen LogP contribution in [0.25, 0.3) is 0 Å². The molecule has 1 atom stereocenters. The first-order valence-electron chi connectivity index (χ1n) is 9.53. The zero-order chi connectivity index (χ0) is 17.1. The molecule has 4 rings (SSSR count). The average Bonchev–Trinajstić information content (AvgIpc) is 3.23. The van der Waals surface area contributed by atoms with Gasteiger partial charge in [0.25, 0.3) is 5.91 Å². The highest BCUT2D eigenvalue weighted by Crippen LogP contribution is 2.22. The van der Waals surface area contributed by atoms with E-state index in [4.69, 9.17) is 4.74 Å². The minimum Gasteiger partial charge on any atom is -0.368 e. The molecule has 0 bridgehead atoms. The van der Waals surface area contributed by atoms with E-state index in [9.17, 15) is 4.79 Å². The van der Waals surface area contributed by atoms with Crippen molar-refractivity contribution in [1.29, 1.82) is 0 Å². The summed E-state index contributed by atoms with van der Waals surface area (Å²) in [5.41, 5.74) is 0. The largest absolute Gasteiger partial charge is 0.368 e. The third kappa shape index (κ3) is 3.71. The molecule has 25 heavy (non-hydrogen) atoms. The summed E-state index contributed by atoms with van der Waals surface area (Å²) in [4.78, 5) is 27.9. The number of anilines is 2. The fourth-order valence-electron chi connectivity index (χ4n) is 3.94. The smallest absolute Gasteiger partial charge is 0.251 e. The van der Waals surface area contributed by atoms with Crippen LogP contribution in [0.15, 0.2) is 12.4 Å². The second-order valence-corrected chi connectivity index (χ2v) is 7.10. The lowest BCUT2D eigenvalue weighted by Gasteiger charge is -2.36. The topological polar surface area (TPSA) is 61.8 Å². The minimum absolute atomic E-state index is 0.161.